The first-order chi connectivity index (χ1) is 13.1. The molecule has 2 aliphatic rings. The van der Waals surface area contributed by atoms with E-state index in [0.29, 0.717) is 36.6 Å². The number of esters is 1. The largest absolute Gasteiger partial charge is 0.493 e. The Morgan fingerprint density at radius 2 is 1.89 bits per heavy atom. The van der Waals surface area contributed by atoms with E-state index < -0.39 is 5.60 Å². The Balaban J connectivity index is 1.47. The molecule has 2 aromatic carbocycles. The molecule has 4 rings (SSSR count). The van der Waals surface area contributed by atoms with Crippen LogP contribution in [0.25, 0.3) is 0 Å². The number of likely N-dealkylation sites (tertiary alicyclic amines) is 1. The maximum Gasteiger partial charge on any atom is 0.339 e. The van der Waals surface area contributed by atoms with Gasteiger partial charge in [0.05, 0.1) is 19.2 Å². The molecule has 0 radical (unpaired) electrons. The number of ether oxygens (including phenoxy) is 3. The van der Waals surface area contributed by atoms with Crippen LogP contribution in [0.4, 0.5) is 0 Å². The quantitative estimate of drug-likeness (QED) is 0.778. The van der Waals surface area contributed by atoms with Gasteiger partial charge in [-0.15, -0.1) is 0 Å². The summed E-state index contributed by atoms with van der Waals surface area (Å²) in [5.41, 5.74) is 0.724. The summed E-state index contributed by atoms with van der Waals surface area (Å²) < 4.78 is 16.6. The molecule has 140 valence electrons. The van der Waals surface area contributed by atoms with Crippen LogP contribution in [-0.4, -0.2) is 43.6 Å². The summed E-state index contributed by atoms with van der Waals surface area (Å²) in [6.45, 7) is 0.880. The Bertz CT molecular complexity index is 880. The zero-order valence-electron chi connectivity index (χ0n) is 15.1. The van der Waals surface area contributed by atoms with Gasteiger partial charge in [0.15, 0.2) is 23.7 Å². The molecular formula is C21H21NO5. The Morgan fingerprint density at radius 1 is 1.15 bits per heavy atom. The third-order valence-electron chi connectivity index (χ3n) is 5.15. The van der Waals surface area contributed by atoms with E-state index in [0.717, 1.165) is 12.0 Å². The SMILES string of the molecule is COc1ccccc1OCC(=O)N1CCCC2(C1)OC(=O)c1ccccc12. The van der Waals surface area contributed by atoms with Crippen LogP contribution in [0.1, 0.15) is 28.8 Å². The van der Waals surface area contributed by atoms with Crippen molar-refractivity contribution in [3.8, 4) is 11.5 Å². The highest BCUT2D eigenvalue weighted by molar-refractivity contribution is 5.95. The van der Waals surface area contributed by atoms with Crippen LogP contribution < -0.4 is 9.47 Å². The molecule has 1 atom stereocenters. The van der Waals surface area contributed by atoms with Crippen LogP contribution in [0.2, 0.25) is 0 Å². The van der Waals surface area contributed by atoms with E-state index in [1.165, 1.54) is 0 Å². The second-order valence-electron chi connectivity index (χ2n) is 6.79. The molecular weight excluding hydrogens is 346 g/mol. The first-order valence-electron chi connectivity index (χ1n) is 8.99. The number of rotatable bonds is 4. The van der Waals surface area contributed by atoms with E-state index >= 15 is 0 Å². The van der Waals surface area contributed by atoms with Crippen molar-refractivity contribution >= 4 is 11.9 Å². The lowest BCUT2D eigenvalue weighted by Crippen LogP contribution is -2.50. The molecule has 2 heterocycles. The Kier molecular flexibility index (Phi) is 4.48. The number of hydrogen-bond acceptors (Lipinski definition) is 5. The van der Waals surface area contributed by atoms with E-state index in [2.05, 4.69) is 0 Å². The molecule has 1 saturated heterocycles. The number of carbonyl (C=O) groups is 2. The van der Waals surface area contributed by atoms with Crippen LogP contribution >= 0.6 is 0 Å². The summed E-state index contributed by atoms with van der Waals surface area (Å²) in [6.07, 6.45) is 1.48. The lowest BCUT2D eigenvalue weighted by atomic mass is 9.85. The second-order valence-corrected chi connectivity index (χ2v) is 6.79. The first-order valence-corrected chi connectivity index (χ1v) is 8.99. The standard InChI is InChI=1S/C21H21NO5/c1-25-17-9-4-5-10-18(17)26-13-19(23)22-12-6-11-21(14-22)16-8-3-2-7-15(16)20(24)27-21/h2-5,7-10H,6,11-14H2,1H3. The molecule has 1 unspecified atom stereocenters. The van der Waals surface area contributed by atoms with Crippen LogP contribution in [0.3, 0.4) is 0 Å². The Labute approximate surface area is 157 Å². The minimum Gasteiger partial charge on any atom is -0.493 e. The van der Waals surface area contributed by atoms with Gasteiger partial charge in [0, 0.05) is 12.1 Å². The van der Waals surface area contributed by atoms with Gasteiger partial charge < -0.3 is 19.1 Å². The predicted octanol–water partition coefficient (Wildman–Crippen LogP) is 2.76. The fourth-order valence-corrected chi connectivity index (χ4v) is 3.85. The number of fused-ring (bicyclic) bond motifs is 2. The maximum absolute atomic E-state index is 12.7. The van der Waals surface area contributed by atoms with Crippen molar-refractivity contribution in [2.75, 3.05) is 26.8 Å². The molecule has 0 bridgehead atoms. The van der Waals surface area contributed by atoms with Crippen molar-refractivity contribution in [2.24, 2.45) is 0 Å². The number of hydrogen-bond donors (Lipinski definition) is 0. The van der Waals surface area contributed by atoms with Gasteiger partial charge in [-0.2, -0.15) is 0 Å². The van der Waals surface area contributed by atoms with E-state index in [1.807, 2.05) is 30.3 Å². The summed E-state index contributed by atoms with van der Waals surface area (Å²) >= 11 is 0. The van der Waals surface area contributed by atoms with Gasteiger partial charge in [0.25, 0.3) is 5.91 Å². The van der Waals surface area contributed by atoms with Crippen LogP contribution in [0.5, 0.6) is 11.5 Å². The third-order valence-corrected chi connectivity index (χ3v) is 5.15. The molecule has 1 spiro atoms. The minimum atomic E-state index is -0.744. The number of benzene rings is 2. The van der Waals surface area contributed by atoms with E-state index in [-0.39, 0.29) is 18.5 Å². The van der Waals surface area contributed by atoms with Gasteiger partial charge >= 0.3 is 5.97 Å². The van der Waals surface area contributed by atoms with Gasteiger partial charge in [-0.25, -0.2) is 4.79 Å². The van der Waals surface area contributed by atoms with Gasteiger partial charge in [0.2, 0.25) is 0 Å². The molecule has 2 aromatic rings. The van der Waals surface area contributed by atoms with Crippen LogP contribution in [-0.2, 0) is 15.1 Å². The lowest BCUT2D eigenvalue weighted by molar-refractivity contribution is -0.140. The molecule has 27 heavy (non-hydrogen) atoms. The van der Waals surface area contributed by atoms with Crippen molar-refractivity contribution in [3.05, 3.63) is 59.7 Å². The molecule has 6 heteroatoms. The summed E-state index contributed by atoms with van der Waals surface area (Å²) in [6, 6.07) is 14.6. The number of amides is 1. The van der Waals surface area contributed by atoms with E-state index in [4.69, 9.17) is 14.2 Å². The molecule has 0 aliphatic carbocycles. The molecule has 0 N–H and O–H groups in total. The Morgan fingerprint density at radius 3 is 2.70 bits per heavy atom. The average molecular weight is 367 g/mol. The van der Waals surface area contributed by atoms with Crippen molar-refractivity contribution in [1.29, 1.82) is 0 Å². The summed E-state index contributed by atoms with van der Waals surface area (Å²) in [4.78, 5) is 26.7. The molecule has 6 nitrogen and oxygen atoms in total. The van der Waals surface area contributed by atoms with Crippen LogP contribution in [0.15, 0.2) is 48.5 Å². The minimum absolute atomic E-state index is 0.0912. The molecule has 0 aromatic heterocycles. The highest BCUT2D eigenvalue weighted by Gasteiger charge is 2.48. The average Bonchev–Trinajstić information content (AvgIpc) is 2.98. The van der Waals surface area contributed by atoms with Crippen molar-refractivity contribution in [3.63, 3.8) is 0 Å². The number of piperidine rings is 1. The molecule has 1 amide bonds. The maximum atomic E-state index is 12.7. The lowest BCUT2D eigenvalue weighted by Gasteiger charge is -2.39. The predicted molar refractivity (Wildman–Crippen MR) is 97.8 cm³/mol. The number of carbonyl (C=O) groups excluding carboxylic acids is 2. The van der Waals surface area contributed by atoms with E-state index in [9.17, 15) is 9.59 Å². The fourth-order valence-electron chi connectivity index (χ4n) is 3.85. The van der Waals surface area contributed by atoms with Crippen LogP contribution in [0, 0.1) is 0 Å². The van der Waals surface area contributed by atoms with Crippen molar-refractivity contribution < 1.29 is 23.8 Å². The van der Waals surface area contributed by atoms with Crippen molar-refractivity contribution in [2.45, 2.75) is 18.4 Å². The van der Waals surface area contributed by atoms with Gasteiger partial charge in [-0.1, -0.05) is 30.3 Å². The smallest absolute Gasteiger partial charge is 0.339 e. The number of methoxy groups -OCH3 is 1. The van der Waals surface area contributed by atoms with Gasteiger partial charge in [-0.3, -0.25) is 4.79 Å². The Hall–Kier alpha value is -3.02. The number of nitrogens with zero attached hydrogens (tertiary/aromatic N) is 1. The topological polar surface area (TPSA) is 65.1 Å². The van der Waals surface area contributed by atoms with Crippen molar-refractivity contribution in [1.82, 2.24) is 4.90 Å². The molecule has 0 saturated carbocycles. The first kappa shape index (κ1) is 17.4. The van der Waals surface area contributed by atoms with Gasteiger partial charge in [-0.05, 0) is 31.0 Å². The van der Waals surface area contributed by atoms with E-state index in [1.54, 1.807) is 30.2 Å². The highest BCUT2D eigenvalue weighted by atomic mass is 16.6. The summed E-state index contributed by atoms with van der Waals surface area (Å²) in [5.74, 6) is 0.655. The third kappa shape index (κ3) is 3.12. The van der Waals surface area contributed by atoms with Gasteiger partial charge in [0.1, 0.15) is 0 Å². The molecule has 1 fully saturated rings. The zero-order chi connectivity index (χ0) is 18.9. The normalized spacial score (nSPS) is 20.9. The fraction of sp³-hybridized carbons (Fsp3) is 0.333. The summed E-state index contributed by atoms with van der Waals surface area (Å²) in [7, 11) is 1.56. The molecule has 2 aliphatic heterocycles. The highest BCUT2D eigenvalue weighted by Crippen LogP contribution is 2.42. The number of para-hydroxylation sites is 2. The monoisotopic (exact) mass is 367 g/mol. The summed E-state index contributed by atoms with van der Waals surface area (Å²) in [5, 5.41) is 0. The second kappa shape index (κ2) is 6.95. The zero-order valence-corrected chi connectivity index (χ0v) is 15.1.